The number of rotatable bonds is 5. The first-order valence-corrected chi connectivity index (χ1v) is 12.4. The SMILES string of the molecule is Cc1ccc(C)c(-c2nnc(NC(=O)c3ccc(S(=O)(=O)N4CC(C)CC(C)C4)cc3)o2)c1. The van der Waals surface area contributed by atoms with Crippen molar-refractivity contribution in [2.45, 2.75) is 39.0 Å². The van der Waals surface area contributed by atoms with E-state index in [0.717, 1.165) is 23.1 Å². The smallest absolute Gasteiger partial charge is 0.322 e. The van der Waals surface area contributed by atoms with E-state index in [2.05, 4.69) is 29.4 Å². The van der Waals surface area contributed by atoms with Gasteiger partial charge in [-0.25, -0.2) is 8.42 Å². The van der Waals surface area contributed by atoms with Gasteiger partial charge in [-0.05, 0) is 68.0 Å². The molecule has 0 saturated carbocycles. The summed E-state index contributed by atoms with van der Waals surface area (Å²) in [5.41, 5.74) is 3.14. The molecule has 1 fully saturated rings. The number of sulfonamides is 1. The lowest BCUT2D eigenvalue weighted by molar-refractivity contribution is 0.102. The molecule has 2 aromatic carbocycles. The second kappa shape index (κ2) is 9.07. The molecule has 4 rings (SSSR count). The molecule has 33 heavy (non-hydrogen) atoms. The Bertz CT molecular complexity index is 1260. The number of hydrogen-bond donors (Lipinski definition) is 1. The second-order valence-corrected chi connectivity index (χ2v) is 10.9. The van der Waals surface area contributed by atoms with Gasteiger partial charge in [0.25, 0.3) is 5.91 Å². The van der Waals surface area contributed by atoms with E-state index in [1.165, 1.54) is 28.6 Å². The number of benzene rings is 2. The molecule has 3 aromatic rings. The van der Waals surface area contributed by atoms with E-state index in [-0.39, 0.29) is 10.9 Å². The first-order valence-electron chi connectivity index (χ1n) is 11.0. The van der Waals surface area contributed by atoms with Crippen molar-refractivity contribution in [2.75, 3.05) is 18.4 Å². The number of nitrogens with zero attached hydrogens (tertiary/aromatic N) is 3. The van der Waals surface area contributed by atoms with E-state index in [1.54, 1.807) is 0 Å². The normalized spacial score (nSPS) is 19.4. The van der Waals surface area contributed by atoms with Crippen LogP contribution in [0.4, 0.5) is 6.01 Å². The molecule has 0 bridgehead atoms. The van der Waals surface area contributed by atoms with Crippen LogP contribution in [0.3, 0.4) is 0 Å². The summed E-state index contributed by atoms with van der Waals surface area (Å²) >= 11 is 0. The first-order chi connectivity index (χ1) is 15.6. The third kappa shape index (κ3) is 4.99. The molecule has 8 nitrogen and oxygen atoms in total. The zero-order valence-corrected chi connectivity index (χ0v) is 20.0. The number of amides is 1. The van der Waals surface area contributed by atoms with Gasteiger partial charge in [-0.3, -0.25) is 10.1 Å². The highest BCUT2D eigenvalue weighted by Crippen LogP contribution is 2.27. The van der Waals surface area contributed by atoms with E-state index in [4.69, 9.17) is 4.42 Å². The quantitative estimate of drug-likeness (QED) is 0.599. The number of aromatic nitrogens is 2. The summed E-state index contributed by atoms with van der Waals surface area (Å²) in [7, 11) is -3.60. The lowest BCUT2D eigenvalue weighted by atomic mass is 9.94. The van der Waals surface area contributed by atoms with E-state index >= 15 is 0 Å². The molecule has 1 aliphatic heterocycles. The largest absolute Gasteiger partial charge is 0.403 e. The molecule has 1 aliphatic rings. The van der Waals surface area contributed by atoms with Crippen LogP contribution in [0.25, 0.3) is 11.5 Å². The Labute approximate surface area is 194 Å². The highest BCUT2D eigenvalue weighted by Gasteiger charge is 2.31. The number of hydrogen-bond acceptors (Lipinski definition) is 6. The van der Waals surface area contributed by atoms with Crippen molar-refractivity contribution >= 4 is 21.9 Å². The molecular formula is C24H28N4O4S. The molecule has 9 heteroatoms. The summed E-state index contributed by atoms with van der Waals surface area (Å²) in [6, 6.07) is 11.8. The van der Waals surface area contributed by atoms with E-state index in [0.29, 0.717) is 36.4 Å². The predicted molar refractivity (Wildman–Crippen MR) is 125 cm³/mol. The fourth-order valence-electron chi connectivity index (χ4n) is 4.25. The van der Waals surface area contributed by atoms with Gasteiger partial charge in [0.2, 0.25) is 15.9 Å². The molecule has 2 heterocycles. The molecule has 0 aliphatic carbocycles. The standard InChI is InChI=1S/C24H28N4O4S/c1-15-5-6-18(4)21(12-15)23-26-27-24(32-23)25-22(29)19-7-9-20(10-8-19)33(30,31)28-13-16(2)11-17(3)14-28/h5-10,12,16-17H,11,13-14H2,1-4H3,(H,25,27,29). The molecule has 2 atom stereocenters. The van der Waals surface area contributed by atoms with Crippen LogP contribution < -0.4 is 5.32 Å². The van der Waals surface area contributed by atoms with Gasteiger partial charge >= 0.3 is 6.01 Å². The van der Waals surface area contributed by atoms with Crippen molar-refractivity contribution in [3.63, 3.8) is 0 Å². The fourth-order valence-corrected chi connectivity index (χ4v) is 5.93. The number of anilines is 1. The van der Waals surface area contributed by atoms with Gasteiger partial charge < -0.3 is 4.42 Å². The van der Waals surface area contributed by atoms with E-state index < -0.39 is 15.9 Å². The maximum absolute atomic E-state index is 13.0. The Morgan fingerprint density at radius 1 is 1.03 bits per heavy atom. The Morgan fingerprint density at radius 3 is 2.36 bits per heavy atom. The summed E-state index contributed by atoms with van der Waals surface area (Å²) in [6.07, 6.45) is 1.02. The maximum Gasteiger partial charge on any atom is 0.322 e. The number of nitrogens with one attached hydrogen (secondary N) is 1. The summed E-state index contributed by atoms with van der Waals surface area (Å²) < 4.78 is 33.2. The number of piperidine rings is 1. The van der Waals surface area contributed by atoms with Gasteiger partial charge in [0.05, 0.1) is 4.90 Å². The number of carbonyl (C=O) groups excluding carboxylic acids is 1. The summed E-state index contributed by atoms with van der Waals surface area (Å²) in [5, 5.41) is 10.5. The number of carbonyl (C=O) groups is 1. The molecule has 174 valence electrons. The zero-order chi connectivity index (χ0) is 23.8. The highest BCUT2D eigenvalue weighted by atomic mass is 32.2. The van der Waals surface area contributed by atoms with Crippen molar-refractivity contribution in [1.82, 2.24) is 14.5 Å². The van der Waals surface area contributed by atoms with E-state index in [1.807, 2.05) is 32.0 Å². The average molecular weight is 469 g/mol. The number of aryl methyl sites for hydroxylation is 2. The van der Waals surface area contributed by atoms with Gasteiger partial charge in [0, 0.05) is 24.2 Å². The molecule has 1 aromatic heterocycles. The summed E-state index contributed by atoms with van der Waals surface area (Å²) in [6.45, 7) is 9.06. The van der Waals surface area contributed by atoms with Crippen LogP contribution >= 0.6 is 0 Å². The highest BCUT2D eigenvalue weighted by molar-refractivity contribution is 7.89. The fraction of sp³-hybridized carbons (Fsp3) is 0.375. The van der Waals surface area contributed by atoms with Crippen LogP contribution in [0.1, 0.15) is 41.8 Å². The lowest BCUT2D eigenvalue weighted by Crippen LogP contribution is -2.42. The van der Waals surface area contributed by atoms with Gasteiger partial charge in [-0.1, -0.05) is 36.6 Å². The van der Waals surface area contributed by atoms with Crippen molar-refractivity contribution in [3.05, 3.63) is 59.2 Å². The van der Waals surface area contributed by atoms with Crippen molar-refractivity contribution in [3.8, 4) is 11.5 Å². The molecular weight excluding hydrogens is 440 g/mol. The minimum atomic E-state index is -3.60. The molecule has 1 saturated heterocycles. The van der Waals surface area contributed by atoms with Crippen molar-refractivity contribution < 1.29 is 17.6 Å². The van der Waals surface area contributed by atoms with Gasteiger partial charge in [0.15, 0.2) is 0 Å². The minimum Gasteiger partial charge on any atom is -0.403 e. The molecule has 2 unspecified atom stereocenters. The molecule has 1 N–H and O–H groups in total. The third-order valence-electron chi connectivity index (χ3n) is 5.86. The average Bonchev–Trinajstić information content (AvgIpc) is 3.23. The van der Waals surface area contributed by atoms with Crippen molar-refractivity contribution in [2.24, 2.45) is 11.8 Å². The van der Waals surface area contributed by atoms with Crippen molar-refractivity contribution in [1.29, 1.82) is 0 Å². The molecule has 1 amide bonds. The molecule has 0 spiro atoms. The van der Waals surface area contributed by atoms with E-state index in [9.17, 15) is 13.2 Å². The predicted octanol–water partition coefficient (Wildman–Crippen LogP) is 4.27. The Hall–Kier alpha value is -3.04. The van der Waals surface area contributed by atoms with Crippen LogP contribution in [-0.2, 0) is 10.0 Å². The van der Waals surface area contributed by atoms with Gasteiger partial charge in [-0.2, -0.15) is 4.31 Å². The van der Waals surface area contributed by atoms with Crippen LogP contribution in [0.2, 0.25) is 0 Å². The Morgan fingerprint density at radius 2 is 1.70 bits per heavy atom. The van der Waals surface area contributed by atoms with Crippen LogP contribution in [0.5, 0.6) is 0 Å². The minimum absolute atomic E-state index is 0.0242. The maximum atomic E-state index is 13.0. The van der Waals surface area contributed by atoms with Crippen LogP contribution in [-0.4, -0.2) is 41.9 Å². The summed E-state index contributed by atoms with van der Waals surface area (Å²) in [4.78, 5) is 12.8. The van der Waals surface area contributed by atoms with Gasteiger partial charge in [0.1, 0.15) is 0 Å². The lowest BCUT2D eigenvalue weighted by Gasteiger charge is -2.34. The first kappa shape index (κ1) is 23.1. The topological polar surface area (TPSA) is 105 Å². The molecule has 0 radical (unpaired) electrons. The monoisotopic (exact) mass is 468 g/mol. The van der Waals surface area contributed by atoms with Crippen LogP contribution in [0, 0.1) is 25.7 Å². The Kier molecular flexibility index (Phi) is 6.36. The Balaban J connectivity index is 1.47. The summed E-state index contributed by atoms with van der Waals surface area (Å²) in [5.74, 6) is 0.487. The van der Waals surface area contributed by atoms with Crippen LogP contribution in [0.15, 0.2) is 51.8 Å². The second-order valence-electron chi connectivity index (χ2n) is 8.98. The van der Waals surface area contributed by atoms with Gasteiger partial charge in [-0.15, -0.1) is 5.10 Å². The third-order valence-corrected chi connectivity index (χ3v) is 7.70. The zero-order valence-electron chi connectivity index (χ0n) is 19.2.